The number of carbonyl (C=O) groups excluding carboxylic acids is 3. The maximum Gasteiger partial charge on any atom is 0.244 e. The standard InChI is InChI=1S/C22H37N3O4S/c1-7-8-13(5)24-20(28)18-22-12(4)9-15(30-22)16(19(27)23-6)17(22)21(29)25(18)14(10-26)11(2)3/h11-18,26H,7-10H2,1-6H3,(H,23,27)(H,24,28)/t12?,13?,14-,15+,16-,17-,18?,22?/m0/s1. The monoisotopic (exact) mass is 439 g/mol. The number of carbonyl (C=O) groups is 3. The minimum absolute atomic E-state index is 0.00602. The number of aliphatic hydroxyl groups excluding tert-OH is 1. The molecule has 3 aliphatic rings. The van der Waals surface area contributed by atoms with Crippen LogP contribution in [0.25, 0.3) is 0 Å². The topological polar surface area (TPSA) is 98.7 Å². The number of nitrogens with zero attached hydrogens (tertiary/aromatic N) is 1. The Balaban J connectivity index is 2.08. The zero-order chi connectivity index (χ0) is 22.4. The van der Waals surface area contributed by atoms with E-state index in [9.17, 15) is 19.5 Å². The van der Waals surface area contributed by atoms with Crippen LogP contribution in [0, 0.1) is 23.7 Å². The van der Waals surface area contributed by atoms with E-state index in [1.54, 1.807) is 23.7 Å². The van der Waals surface area contributed by atoms with Crippen molar-refractivity contribution in [2.45, 2.75) is 82.0 Å². The lowest BCUT2D eigenvalue weighted by Crippen LogP contribution is -2.60. The fourth-order valence-electron chi connectivity index (χ4n) is 6.03. The highest BCUT2D eigenvalue weighted by Crippen LogP contribution is 2.68. The highest BCUT2D eigenvalue weighted by molar-refractivity contribution is 8.02. The second-order valence-electron chi connectivity index (χ2n) is 9.60. The van der Waals surface area contributed by atoms with Crippen molar-refractivity contribution in [1.29, 1.82) is 0 Å². The Morgan fingerprint density at radius 1 is 1.30 bits per heavy atom. The number of rotatable bonds is 8. The Hall–Kier alpha value is -1.28. The number of nitrogens with one attached hydrogen (secondary N) is 2. The van der Waals surface area contributed by atoms with Gasteiger partial charge in [-0.2, -0.15) is 0 Å². The van der Waals surface area contributed by atoms with E-state index in [4.69, 9.17) is 0 Å². The predicted octanol–water partition coefficient (Wildman–Crippen LogP) is 1.39. The zero-order valence-corrected chi connectivity index (χ0v) is 19.8. The van der Waals surface area contributed by atoms with E-state index in [0.717, 1.165) is 19.3 Å². The van der Waals surface area contributed by atoms with Crippen LogP contribution < -0.4 is 10.6 Å². The maximum atomic E-state index is 13.8. The third-order valence-corrected chi connectivity index (χ3v) is 9.48. The number of hydrogen-bond acceptors (Lipinski definition) is 5. The lowest BCUT2D eigenvalue weighted by Gasteiger charge is -2.41. The molecular formula is C22H37N3O4S. The molecule has 0 radical (unpaired) electrons. The SMILES string of the molecule is CCCC(C)NC(=O)C1N([C@@H](CO)C(C)C)C(=O)[C@@H]2[C@@H](C(=O)NC)[C@H]3CC(C)C12S3. The summed E-state index contributed by atoms with van der Waals surface area (Å²) >= 11 is 1.67. The molecule has 0 saturated carbocycles. The van der Waals surface area contributed by atoms with Gasteiger partial charge >= 0.3 is 0 Å². The highest BCUT2D eigenvalue weighted by Gasteiger charge is 2.76. The number of hydrogen-bond donors (Lipinski definition) is 3. The lowest BCUT2D eigenvalue weighted by atomic mass is 9.66. The van der Waals surface area contributed by atoms with E-state index in [0.29, 0.717) is 0 Å². The molecular weight excluding hydrogens is 402 g/mol. The molecule has 4 unspecified atom stereocenters. The number of aliphatic hydroxyl groups is 1. The van der Waals surface area contributed by atoms with E-state index >= 15 is 0 Å². The van der Waals surface area contributed by atoms with Gasteiger partial charge < -0.3 is 20.6 Å². The number of thioether (sulfide) groups is 1. The van der Waals surface area contributed by atoms with Gasteiger partial charge in [-0.25, -0.2) is 0 Å². The Labute approximate surface area is 184 Å². The second-order valence-corrected chi connectivity index (χ2v) is 11.2. The third-order valence-electron chi connectivity index (χ3n) is 7.41. The minimum atomic E-state index is -0.673. The Bertz CT molecular complexity index is 702. The van der Waals surface area contributed by atoms with Crippen LogP contribution in [-0.4, -0.2) is 69.5 Å². The first kappa shape index (κ1) is 23.4. The average Bonchev–Trinajstić information content (AvgIpc) is 3.26. The largest absolute Gasteiger partial charge is 0.394 e. The molecule has 3 saturated heterocycles. The molecule has 0 aromatic carbocycles. The van der Waals surface area contributed by atoms with Gasteiger partial charge in [-0.15, -0.1) is 11.8 Å². The van der Waals surface area contributed by atoms with E-state index in [1.807, 2.05) is 20.8 Å². The summed E-state index contributed by atoms with van der Waals surface area (Å²) < 4.78 is -0.628. The molecule has 1 spiro atoms. The number of likely N-dealkylation sites (tertiary alicyclic amines) is 1. The molecule has 0 aliphatic carbocycles. The summed E-state index contributed by atoms with van der Waals surface area (Å²) in [5.74, 6) is -1.25. The van der Waals surface area contributed by atoms with Crippen LogP contribution in [0.15, 0.2) is 0 Å². The van der Waals surface area contributed by atoms with Crippen LogP contribution in [-0.2, 0) is 14.4 Å². The normalized spacial score (nSPS) is 36.7. The second kappa shape index (κ2) is 8.69. The van der Waals surface area contributed by atoms with Crippen molar-refractivity contribution in [2.75, 3.05) is 13.7 Å². The summed E-state index contributed by atoms with van der Waals surface area (Å²) in [5.41, 5.74) is 0. The van der Waals surface area contributed by atoms with Crippen LogP contribution in [0.2, 0.25) is 0 Å². The molecule has 2 bridgehead atoms. The summed E-state index contributed by atoms with van der Waals surface area (Å²) in [7, 11) is 1.60. The van der Waals surface area contributed by atoms with Gasteiger partial charge in [0.15, 0.2) is 0 Å². The Morgan fingerprint density at radius 2 is 1.97 bits per heavy atom. The number of fused-ring (bicyclic) bond motifs is 1. The van der Waals surface area contributed by atoms with Crippen molar-refractivity contribution < 1.29 is 19.5 Å². The smallest absolute Gasteiger partial charge is 0.244 e. The number of amides is 3. The van der Waals surface area contributed by atoms with Gasteiger partial charge in [-0.05, 0) is 31.6 Å². The van der Waals surface area contributed by atoms with Gasteiger partial charge in [-0.3, -0.25) is 14.4 Å². The molecule has 8 atom stereocenters. The van der Waals surface area contributed by atoms with Gasteiger partial charge in [-0.1, -0.05) is 34.1 Å². The van der Waals surface area contributed by atoms with Crippen LogP contribution in [0.4, 0.5) is 0 Å². The summed E-state index contributed by atoms with van der Waals surface area (Å²) in [6.07, 6.45) is 2.64. The molecule has 3 fully saturated rings. The van der Waals surface area contributed by atoms with E-state index in [2.05, 4.69) is 24.5 Å². The fourth-order valence-corrected chi connectivity index (χ4v) is 8.44. The molecule has 3 N–H and O–H groups in total. The molecule has 30 heavy (non-hydrogen) atoms. The summed E-state index contributed by atoms with van der Waals surface area (Å²) in [6, 6.07) is -1.12. The van der Waals surface area contributed by atoms with E-state index in [1.165, 1.54) is 0 Å². The van der Waals surface area contributed by atoms with Gasteiger partial charge in [0.2, 0.25) is 17.7 Å². The molecule has 3 aliphatic heterocycles. The van der Waals surface area contributed by atoms with Gasteiger partial charge in [0.25, 0.3) is 0 Å². The Kier molecular flexibility index (Phi) is 6.77. The van der Waals surface area contributed by atoms with Crippen LogP contribution in [0.1, 0.15) is 53.9 Å². The third kappa shape index (κ3) is 3.34. The van der Waals surface area contributed by atoms with Crippen LogP contribution >= 0.6 is 11.8 Å². The van der Waals surface area contributed by atoms with Crippen LogP contribution in [0.5, 0.6) is 0 Å². The van der Waals surface area contributed by atoms with E-state index in [-0.39, 0.29) is 47.5 Å². The predicted molar refractivity (Wildman–Crippen MR) is 118 cm³/mol. The van der Waals surface area contributed by atoms with Gasteiger partial charge in [0.1, 0.15) is 6.04 Å². The van der Waals surface area contributed by atoms with Crippen molar-refractivity contribution in [3.63, 3.8) is 0 Å². The first-order valence-electron chi connectivity index (χ1n) is 11.3. The first-order valence-corrected chi connectivity index (χ1v) is 12.2. The molecule has 3 heterocycles. The summed E-state index contributed by atoms with van der Waals surface area (Å²) in [6.45, 7) is 9.88. The van der Waals surface area contributed by atoms with E-state index < -0.39 is 28.7 Å². The quantitative estimate of drug-likeness (QED) is 0.531. The summed E-state index contributed by atoms with van der Waals surface area (Å²) in [4.78, 5) is 41.9. The summed E-state index contributed by atoms with van der Waals surface area (Å²) in [5, 5.41) is 16.1. The molecule has 3 amide bonds. The molecule has 0 aromatic heterocycles. The molecule has 7 nitrogen and oxygen atoms in total. The molecule has 170 valence electrons. The lowest BCUT2D eigenvalue weighted by molar-refractivity contribution is -0.143. The zero-order valence-electron chi connectivity index (χ0n) is 19.0. The first-order chi connectivity index (χ1) is 14.1. The maximum absolute atomic E-state index is 13.8. The Morgan fingerprint density at radius 3 is 2.50 bits per heavy atom. The fraction of sp³-hybridized carbons (Fsp3) is 0.864. The van der Waals surface area contributed by atoms with Crippen LogP contribution in [0.3, 0.4) is 0 Å². The molecule has 0 aromatic rings. The molecule has 3 rings (SSSR count). The highest BCUT2D eigenvalue weighted by atomic mass is 32.2. The minimum Gasteiger partial charge on any atom is -0.394 e. The molecule has 8 heteroatoms. The van der Waals surface area contributed by atoms with Crippen molar-refractivity contribution in [3.8, 4) is 0 Å². The van der Waals surface area contributed by atoms with Crippen molar-refractivity contribution in [2.24, 2.45) is 23.7 Å². The van der Waals surface area contributed by atoms with Gasteiger partial charge in [0, 0.05) is 18.3 Å². The average molecular weight is 440 g/mol. The van der Waals surface area contributed by atoms with Gasteiger partial charge in [0.05, 0.1) is 29.2 Å². The van der Waals surface area contributed by atoms with Crippen molar-refractivity contribution in [3.05, 3.63) is 0 Å². The van der Waals surface area contributed by atoms with Crippen molar-refractivity contribution >= 4 is 29.5 Å². The van der Waals surface area contributed by atoms with Crippen molar-refractivity contribution in [1.82, 2.24) is 15.5 Å².